The first-order valence-corrected chi connectivity index (χ1v) is 7.32. The van der Waals surface area contributed by atoms with Crippen molar-refractivity contribution in [1.82, 2.24) is 4.90 Å². The number of nitrogens with zero attached hydrogens (tertiary/aromatic N) is 1. The lowest BCUT2D eigenvalue weighted by Gasteiger charge is -2.24. The average molecular weight is 325 g/mol. The number of amides is 1. The van der Waals surface area contributed by atoms with E-state index in [0.717, 1.165) is 12.1 Å². The average Bonchev–Trinajstić information content (AvgIpc) is 2.84. The normalized spacial score (nSPS) is 17.9. The minimum atomic E-state index is -1.23. The van der Waals surface area contributed by atoms with Gasteiger partial charge in [-0.2, -0.15) is 0 Å². The largest absolute Gasteiger partial charge is 0.488 e. The third kappa shape index (κ3) is 4.84. The summed E-state index contributed by atoms with van der Waals surface area (Å²) in [5.41, 5.74) is -0.753. The summed E-state index contributed by atoms with van der Waals surface area (Å²) in [6.45, 7) is 6.15. The Hall–Kier alpha value is -2.31. The first-order valence-electron chi connectivity index (χ1n) is 7.32. The van der Waals surface area contributed by atoms with Crippen LogP contribution in [0.3, 0.4) is 0 Å². The molecule has 1 aromatic carbocycles. The Kier molecular flexibility index (Phi) is 4.77. The molecule has 0 aliphatic carbocycles. The number of benzene rings is 1. The summed E-state index contributed by atoms with van der Waals surface area (Å²) in [5.74, 6) is -1.77. The summed E-state index contributed by atoms with van der Waals surface area (Å²) in [6, 6.07) is 3.32. The Bertz CT molecular complexity index is 611. The molecule has 0 bridgehead atoms. The molecule has 0 radical (unpaired) electrons. The molecule has 2 rings (SSSR count). The van der Waals surface area contributed by atoms with Gasteiger partial charge in [0.05, 0.1) is 12.1 Å². The standard InChI is InChI=1S/C16H20FNO5/c1-16(2,3)23-15(21)18-5-4-12(9-18)22-13-7-10(14(19)20)6-11(17)8-13/h6-8,12H,4-5,9H2,1-3H3,(H,19,20)/t12-/m1/s1. The maximum absolute atomic E-state index is 13.4. The lowest BCUT2D eigenvalue weighted by atomic mass is 10.2. The summed E-state index contributed by atoms with van der Waals surface area (Å²) in [6.07, 6.45) is -0.182. The van der Waals surface area contributed by atoms with E-state index in [1.54, 1.807) is 20.8 Å². The van der Waals surface area contributed by atoms with Crippen LogP contribution < -0.4 is 4.74 Å². The van der Waals surface area contributed by atoms with Crippen molar-refractivity contribution in [2.75, 3.05) is 13.1 Å². The maximum atomic E-state index is 13.4. The van der Waals surface area contributed by atoms with Crippen molar-refractivity contribution in [3.05, 3.63) is 29.6 Å². The van der Waals surface area contributed by atoms with Crippen LogP contribution in [0.2, 0.25) is 0 Å². The molecule has 1 amide bonds. The molecular weight excluding hydrogens is 305 g/mol. The molecule has 0 unspecified atom stereocenters. The number of hydrogen-bond acceptors (Lipinski definition) is 4. The highest BCUT2D eigenvalue weighted by Gasteiger charge is 2.31. The molecule has 126 valence electrons. The van der Waals surface area contributed by atoms with Gasteiger partial charge in [-0.25, -0.2) is 14.0 Å². The van der Waals surface area contributed by atoms with Crippen LogP contribution >= 0.6 is 0 Å². The Morgan fingerprint density at radius 2 is 2.00 bits per heavy atom. The number of carboxylic acids is 1. The second kappa shape index (κ2) is 6.44. The molecule has 1 atom stereocenters. The van der Waals surface area contributed by atoms with Gasteiger partial charge in [0.15, 0.2) is 0 Å². The molecule has 1 aliphatic rings. The zero-order valence-electron chi connectivity index (χ0n) is 13.3. The number of hydrogen-bond donors (Lipinski definition) is 1. The van der Waals surface area contributed by atoms with E-state index >= 15 is 0 Å². The highest BCUT2D eigenvalue weighted by molar-refractivity contribution is 5.88. The molecule has 1 heterocycles. The van der Waals surface area contributed by atoms with Gasteiger partial charge in [-0.3, -0.25) is 0 Å². The van der Waals surface area contributed by atoms with E-state index in [1.807, 2.05) is 0 Å². The highest BCUT2D eigenvalue weighted by Crippen LogP contribution is 2.22. The van der Waals surface area contributed by atoms with Crippen LogP contribution in [0.25, 0.3) is 0 Å². The third-order valence-electron chi connectivity index (χ3n) is 3.22. The molecule has 1 fully saturated rings. The third-order valence-corrected chi connectivity index (χ3v) is 3.22. The van der Waals surface area contributed by atoms with Crippen molar-refractivity contribution in [2.24, 2.45) is 0 Å². The topological polar surface area (TPSA) is 76.1 Å². The van der Waals surface area contributed by atoms with E-state index in [1.165, 1.54) is 11.0 Å². The first kappa shape index (κ1) is 17.1. The molecule has 1 N–H and O–H groups in total. The number of carbonyl (C=O) groups is 2. The fraction of sp³-hybridized carbons (Fsp3) is 0.500. The Balaban J connectivity index is 1.98. The summed E-state index contributed by atoms with van der Waals surface area (Å²) in [5, 5.41) is 8.93. The van der Waals surface area contributed by atoms with E-state index < -0.39 is 23.5 Å². The first-order chi connectivity index (χ1) is 10.6. The lowest BCUT2D eigenvalue weighted by Crippen LogP contribution is -2.36. The zero-order valence-corrected chi connectivity index (χ0v) is 13.3. The van der Waals surface area contributed by atoms with E-state index in [-0.39, 0.29) is 17.4 Å². The maximum Gasteiger partial charge on any atom is 0.410 e. The number of aromatic carboxylic acids is 1. The molecule has 0 saturated carbocycles. The summed E-state index contributed by atoms with van der Waals surface area (Å²) in [7, 11) is 0. The Morgan fingerprint density at radius 3 is 2.61 bits per heavy atom. The zero-order chi connectivity index (χ0) is 17.2. The monoisotopic (exact) mass is 325 g/mol. The van der Waals surface area contributed by atoms with Crippen LogP contribution in [0.1, 0.15) is 37.6 Å². The SMILES string of the molecule is CC(C)(C)OC(=O)N1CC[C@@H](Oc2cc(F)cc(C(=O)O)c2)C1. The van der Waals surface area contributed by atoms with Gasteiger partial charge in [-0.05, 0) is 32.9 Å². The van der Waals surface area contributed by atoms with E-state index in [2.05, 4.69) is 0 Å². The summed E-state index contributed by atoms with van der Waals surface area (Å²) < 4.78 is 24.3. The van der Waals surface area contributed by atoms with Crippen LogP contribution in [-0.2, 0) is 4.74 Å². The molecule has 1 saturated heterocycles. The second-order valence-corrected chi connectivity index (χ2v) is 6.44. The van der Waals surface area contributed by atoms with Gasteiger partial charge in [0.2, 0.25) is 0 Å². The molecule has 1 aromatic rings. The molecule has 1 aliphatic heterocycles. The smallest absolute Gasteiger partial charge is 0.410 e. The van der Waals surface area contributed by atoms with Gasteiger partial charge in [0.25, 0.3) is 0 Å². The van der Waals surface area contributed by atoms with Crippen LogP contribution in [0, 0.1) is 5.82 Å². The van der Waals surface area contributed by atoms with Crippen LogP contribution in [0.15, 0.2) is 18.2 Å². The number of likely N-dealkylation sites (tertiary alicyclic amines) is 1. The van der Waals surface area contributed by atoms with Gasteiger partial charge < -0.3 is 19.5 Å². The molecule has 6 nitrogen and oxygen atoms in total. The van der Waals surface area contributed by atoms with Gasteiger partial charge in [0.1, 0.15) is 23.3 Å². The predicted molar refractivity (Wildman–Crippen MR) is 80.2 cm³/mol. The van der Waals surface area contributed by atoms with Crippen molar-refractivity contribution in [2.45, 2.75) is 38.9 Å². The van der Waals surface area contributed by atoms with Crippen molar-refractivity contribution in [3.63, 3.8) is 0 Å². The minimum Gasteiger partial charge on any atom is -0.488 e. The van der Waals surface area contributed by atoms with E-state index in [4.69, 9.17) is 14.6 Å². The fourth-order valence-corrected chi connectivity index (χ4v) is 2.26. The number of carboxylic acid groups (broad SMARTS) is 1. The van der Waals surface area contributed by atoms with Crippen LogP contribution in [-0.4, -0.2) is 46.9 Å². The number of carbonyl (C=O) groups excluding carboxylic acids is 1. The van der Waals surface area contributed by atoms with Crippen molar-refractivity contribution in [3.8, 4) is 5.75 Å². The Morgan fingerprint density at radius 1 is 1.30 bits per heavy atom. The number of ether oxygens (including phenoxy) is 2. The van der Waals surface area contributed by atoms with Crippen molar-refractivity contribution >= 4 is 12.1 Å². The second-order valence-electron chi connectivity index (χ2n) is 6.44. The lowest BCUT2D eigenvalue weighted by molar-refractivity contribution is 0.0275. The number of rotatable bonds is 3. The quantitative estimate of drug-likeness (QED) is 0.925. The summed E-state index contributed by atoms with van der Waals surface area (Å²) >= 11 is 0. The molecule has 7 heteroatoms. The summed E-state index contributed by atoms with van der Waals surface area (Å²) in [4.78, 5) is 24.4. The van der Waals surface area contributed by atoms with Gasteiger partial charge in [-0.15, -0.1) is 0 Å². The Labute approximate surface area is 133 Å². The van der Waals surface area contributed by atoms with Crippen molar-refractivity contribution in [1.29, 1.82) is 0 Å². The molecule has 0 spiro atoms. The molecular formula is C16H20FNO5. The van der Waals surface area contributed by atoms with Gasteiger partial charge in [-0.1, -0.05) is 0 Å². The van der Waals surface area contributed by atoms with Crippen LogP contribution in [0.5, 0.6) is 5.75 Å². The fourth-order valence-electron chi connectivity index (χ4n) is 2.26. The van der Waals surface area contributed by atoms with E-state index in [9.17, 15) is 14.0 Å². The predicted octanol–water partition coefficient (Wildman–Crippen LogP) is 2.91. The van der Waals surface area contributed by atoms with E-state index in [0.29, 0.717) is 19.5 Å². The molecule has 0 aromatic heterocycles. The molecule has 23 heavy (non-hydrogen) atoms. The van der Waals surface area contributed by atoms with Gasteiger partial charge in [0, 0.05) is 19.0 Å². The minimum absolute atomic E-state index is 0.137. The number of halogens is 1. The van der Waals surface area contributed by atoms with Gasteiger partial charge >= 0.3 is 12.1 Å². The highest BCUT2D eigenvalue weighted by atomic mass is 19.1. The van der Waals surface area contributed by atoms with Crippen molar-refractivity contribution < 1.29 is 28.6 Å². The van der Waals surface area contributed by atoms with Crippen LogP contribution in [0.4, 0.5) is 9.18 Å².